The largest absolute Gasteiger partial charge is 0.480 e. The molecule has 116 valence electrons. The zero-order valence-corrected chi connectivity index (χ0v) is 10.4. The second-order valence-corrected chi connectivity index (χ2v) is 4.18. The molecule has 1 amide bonds. The van der Waals surface area contributed by atoms with E-state index < -0.39 is 62.3 Å². The van der Waals surface area contributed by atoms with E-state index in [9.17, 15) is 24.9 Å². The van der Waals surface area contributed by atoms with Crippen molar-refractivity contribution < 1.29 is 44.6 Å². The average Bonchev–Trinajstić information content (AvgIpc) is 2.42. The van der Waals surface area contributed by atoms with E-state index in [4.69, 9.17) is 19.7 Å². The third-order valence-electron chi connectivity index (χ3n) is 2.66. The van der Waals surface area contributed by atoms with Gasteiger partial charge in [0.1, 0.15) is 37.6 Å². The van der Waals surface area contributed by atoms with Gasteiger partial charge in [0.15, 0.2) is 6.29 Å². The smallest absolute Gasteiger partial charge is 0.322 e. The first-order chi connectivity index (χ1) is 9.36. The maximum Gasteiger partial charge on any atom is 0.322 e. The Balaban J connectivity index is 2.46. The van der Waals surface area contributed by atoms with Crippen LogP contribution in [0.5, 0.6) is 0 Å². The third kappa shape index (κ3) is 4.37. The van der Waals surface area contributed by atoms with Gasteiger partial charge in [-0.25, -0.2) is 0 Å². The van der Waals surface area contributed by atoms with E-state index in [-0.39, 0.29) is 0 Å². The topological polar surface area (TPSA) is 166 Å². The fourth-order valence-corrected chi connectivity index (χ4v) is 1.59. The molecular weight excluding hydrogens is 278 g/mol. The molecule has 10 nitrogen and oxygen atoms in total. The lowest BCUT2D eigenvalue weighted by Gasteiger charge is -2.39. The normalized spacial score (nSPS) is 33.7. The Morgan fingerprint density at radius 3 is 2.35 bits per heavy atom. The van der Waals surface area contributed by atoms with E-state index in [1.165, 1.54) is 0 Å². The standard InChI is InChI=1S/C10H17NO9/c12-2-4-7(16)8(17)9(18)10(20-4)19-3-5(13)11-1-6(14)15/h4,7-10,12,16-18H,1-3H2,(H,11,13)(H,14,15). The highest BCUT2D eigenvalue weighted by Gasteiger charge is 2.44. The summed E-state index contributed by atoms with van der Waals surface area (Å²) in [5.41, 5.74) is 0. The van der Waals surface area contributed by atoms with E-state index in [2.05, 4.69) is 0 Å². The molecule has 0 spiro atoms. The molecule has 0 bridgehead atoms. The number of hydrogen-bond acceptors (Lipinski definition) is 8. The van der Waals surface area contributed by atoms with Crippen LogP contribution < -0.4 is 5.32 Å². The van der Waals surface area contributed by atoms with Crippen LogP contribution in [0.25, 0.3) is 0 Å². The quantitative estimate of drug-likeness (QED) is 0.286. The van der Waals surface area contributed by atoms with Crippen LogP contribution in [0, 0.1) is 0 Å². The van der Waals surface area contributed by atoms with Gasteiger partial charge in [0, 0.05) is 0 Å². The molecule has 1 aliphatic heterocycles. The zero-order chi connectivity index (χ0) is 15.3. The van der Waals surface area contributed by atoms with Crippen molar-refractivity contribution in [2.75, 3.05) is 19.8 Å². The summed E-state index contributed by atoms with van der Waals surface area (Å²) in [4.78, 5) is 21.4. The molecule has 10 heteroatoms. The second-order valence-electron chi connectivity index (χ2n) is 4.18. The number of aliphatic hydroxyl groups excluding tert-OH is 4. The lowest BCUT2D eigenvalue weighted by atomic mass is 9.99. The molecule has 0 saturated carbocycles. The molecule has 0 radical (unpaired) electrons. The number of carboxylic acids is 1. The summed E-state index contributed by atoms with van der Waals surface area (Å²) >= 11 is 0. The summed E-state index contributed by atoms with van der Waals surface area (Å²) in [6.07, 6.45) is -7.30. The van der Waals surface area contributed by atoms with E-state index in [1.807, 2.05) is 5.32 Å². The molecule has 6 N–H and O–H groups in total. The Morgan fingerprint density at radius 1 is 1.15 bits per heavy atom. The number of ether oxygens (including phenoxy) is 2. The van der Waals surface area contributed by atoms with Gasteiger partial charge in [-0.1, -0.05) is 0 Å². The van der Waals surface area contributed by atoms with Crippen molar-refractivity contribution in [1.82, 2.24) is 5.32 Å². The Hall–Kier alpha value is -1.30. The minimum absolute atomic E-state index is 0.586. The number of carboxylic acid groups (broad SMARTS) is 1. The van der Waals surface area contributed by atoms with E-state index in [0.29, 0.717) is 0 Å². The number of amides is 1. The van der Waals surface area contributed by atoms with Crippen LogP contribution in [-0.4, -0.2) is 87.9 Å². The van der Waals surface area contributed by atoms with E-state index in [1.54, 1.807) is 0 Å². The van der Waals surface area contributed by atoms with Crippen LogP contribution in [-0.2, 0) is 19.1 Å². The molecule has 0 aromatic rings. The number of hydrogen-bond donors (Lipinski definition) is 6. The van der Waals surface area contributed by atoms with Gasteiger partial charge in [-0.15, -0.1) is 0 Å². The van der Waals surface area contributed by atoms with Crippen molar-refractivity contribution >= 4 is 11.9 Å². The minimum Gasteiger partial charge on any atom is -0.480 e. The lowest BCUT2D eigenvalue weighted by Crippen LogP contribution is -2.59. The van der Waals surface area contributed by atoms with E-state index in [0.717, 1.165) is 0 Å². The predicted octanol–water partition coefficient (Wildman–Crippen LogP) is -4.00. The van der Waals surface area contributed by atoms with Crippen molar-refractivity contribution in [3.63, 3.8) is 0 Å². The number of rotatable bonds is 6. The van der Waals surface area contributed by atoms with Crippen molar-refractivity contribution in [3.05, 3.63) is 0 Å². The molecule has 20 heavy (non-hydrogen) atoms. The molecule has 1 saturated heterocycles. The first-order valence-electron chi connectivity index (χ1n) is 5.77. The average molecular weight is 295 g/mol. The zero-order valence-electron chi connectivity index (χ0n) is 10.4. The van der Waals surface area contributed by atoms with Gasteiger partial charge in [-0.05, 0) is 0 Å². The van der Waals surface area contributed by atoms with Crippen molar-refractivity contribution in [3.8, 4) is 0 Å². The summed E-state index contributed by atoms with van der Waals surface area (Å²) in [6, 6.07) is 0. The van der Waals surface area contributed by atoms with Crippen LogP contribution in [0.2, 0.25) is 0 Å². The Morgan fingerprint density at radius 2 is 1.80 bits per heavy atom. The van der Waals surface area contributed by atoms with Crippen molar-refractivity contribution in [2.24, 2.45) is 0 Å². The number of carbonyl (C=O) groups excluding carboxylic acids is 1. The molecule has 1 fully saturated rings. The van der Waals surface area contributed by atoms with Crippen LogP contribution in [0.1, 0.15) is 0 Å². The molecule has 1 aliphatic rings. The molecule has 0 aliphatic carbocycles. The predicted molar refractivity (Wildman–Crippen MR) is 60.4 cm³/mol. The highest BCUT2D eigenvalue weighted by molar-refractivity contribution is 5.81. The highest BCUT2D eigenvalue weighted by atomic mass is 16.7. The van der Waals surface area contributed by atoms with Gasteiger partial charge in [0.05, 0.1) is 6.61 Å². The summed E-state index contributed by atoms with van der Waals surface area (Å²) in [7, 11) is 0. The number of aliphatic hydroxyl groups is 4. The van der Waals surface area contributed by atoms with Crippen LogP contribution in [0.4, 0.5) is 0 Å². The van der Waals surface area contributed by atoms with Crippen LogP contribution in [0.15, 0.2) is 0 Å². The van der Waals surface area contributed by atoms with Gasteiger partial charge < -0.3 is 40.3 Å². The lowest BCUT2D eigenvalue weighted by molar-refractivity contribution is -0.299. The molecule has 1 heterocycles. The van der Waals surface area contributed by atoms with Crippen LogP contribution >= 0.6 is 0 Å². The van der Waals surface area contributed by atoms with Crippen molar-refractivity contribution in [2.45, 2.75) is 30.7 Å². The monoisotopic (exact) mass is 295 g/mol. The molecule has 5 atom stereocenters. The van der Waals surface area contributed by atoms with Crippen molar-refractivity contribution in [1.29, 1.82) is 0 Å². The molecule has 5 unspecified atom stereocenters. The van der Waals surface area contributed by atoms with Crippen LogP contribution in [0.3, 0.4) is 0 Å². The van der Waals surface area contributed by atoms with Gasteiger partial charge in [-0.2, -0.15) is 0 Å². The summed E-state index contributed by atoms with van der Waals surface area (Å²) in [5, 5.41) is 47.8. The summed E-state index contributed by atoms with van der Waals surface area (Å²) in [5.74, 6) is -1.99. The fourth-order valence-electron chi connectivity index (χ4n) is 1.59. The first-order valence-corrected chi connectivity index (χ1v) is 5.77. The molecule has 0 aromatic heterocycles. The van der Waals surface area contributed by atoms with Gasteiger partial charge in [0.25, 0.3) is 0 Å². The maximum atomic E-state index is 11.2. The first kappa shape index (κ1) is 16.8. The maximum absolute atomic E-state index is 11.2. The van der Waals surface area contributed by atoms with E-state index >= 15 is 0 Å². The van der Waals surface area contributed by atoms with Gasteiger partial charge in [-0.3, -0.25) is 9.59 Å². The minimum atomic E-state index is -1.61. The second kappa shape index (κ2) is 7.47. The SMILES string of the molecule is O=C(O)CNC(=O)COC1OC(CO)C(O)C(O)C1O. The number of nitrogens with one attached hydrogen (secondary N) is 1. The number of aliphatic carboxylic acids is 1. The molecule has 1 rings (SSSR count). The Kier molecular flexibility index (Phi) is 6.26. The summed E-state index contributed by atoms with van der Waals surface area (Å²) < 4.78 is 9.86. The van der Waals surface area contributed by atoms with Gasteiger partial charge >= 0.3 is 5.97 Å². The molecular formula is C10H17NO9. The van der Waals surface area contributed by atoms with Gasteiger partial charge in [0.2, 0.25) is 5.91 Å². The highest BCUT2D eigenvalue weighted by Crippen LogP contribution is 2.21. The Labute approximate surface area is 113 Å². The summed E-state index contributed by atoms with van der Waals surface area (Å²) in [6.45, 7) is -1.82. The Bertz CT molecular complexity index is 348. The number of carbonyl (C=O) groups is 2. The fraction of sp³-hybridized carbons (Fsp3) is 0.800. The third-order valence-corrected chi connectivity index (χ3v) is 2.66. The molecule has 0 aromatic carbocycles.